The molecule has 4 rings (SSSR count). The molecule has 5 heteroatoms. The summed E-state index contributed by atoms with van der Waals surface area (Å²) < 4.78 is 27.8. The summed E-state index contributed by atoms with van der Waals surface area (Å²) in [5.41, 5.74) is 1.96. The highest BCUT2D eigenvalue weighted by Gasteiger charge is 2.39. The molecule has 0 spiro atoms. The molecule has 26 heavy (non-hydrogen) atoms. The van der Waals surface area contributed by atoms with Crippen LogP contribution in [0.25, 0.3) is 6.08 Å². The molecule has 0 radical (unpaired) electrons. The van der Waals surface area contributed by atoms with Crippen LogP contribution in [0, 0.1) is 0 Å². The third-order valence-electron chi connectivity index (χ3n) is 5.17. The molecular formula is C21H24N2O2S. The predicted molar refractivity (Wildman–Crippen MR) is 105 cm³/mol. The number of rotatable bonds is 5. The van der Waals surface area contributed by atoms with Crippen LogP contribution in [0.5, 0.6) is 0 Å². The maximum absolute atomic E-state index is 13.1. The minimum Gasteiger partial charge on any atom is -0.297 e. The smallest absolute Gasteiger partial charge is 0.236 e. The van der Waals surface area contributed by atoms with Crippen molar-refractivity contribution >= 4 is 16.1 Å². The van der Waals surface area contributed by atoms with Crippen LogP contribution in [0.3, 0.4) is 0 Å². The second-order valence-corrected chi connectivity index (χ2v) is 8.79. The molecule has 0 N–H and O–H groups in total. The zero-order valence-electron chi connectivity index (χ0n) is 14.7. The molecule has 1 aliphatic carbocycles. The molecular weight excluding hydrogens is 344 g/mol. The summed E-state index contributed by atoms with van der Waals surface area (Å²) in [6.07, 6.45) is 4.16. The molecule has 1 aliphatic heterocycles. The van der Waals surface area contributed by atoms with Crippen molar-refractivity contribution in [3.63, 3.8) is 0 Å². The molecule has 2 aliphatic rings. The molecule has 1 heterocycles. The van der Waals surface area contributed by atoms with Crippen molar-refractivity contribution in [3.05, 3.63) is 77.2 Å². The average molecular weight is 369 g/mol. The first kappa shape index (κ1) is 17.5. The van der Waals surface area contributed by atoms with Gasteiger partial charge in [0.25, 0.3) is 0 Å². The zero-order chi connectivity index (χ0) is 18.0. The Bertz CT molecular complexity index is 861. The van der Waals surface area contributed by atoms with Crippen molar-refractivity contribution < 1.29 is 8.42 Å². The SMILES string of the molecule is O=S(=O)(/C=C/c1ccccc1)N1CCN(C2CC2)CC1c1ccccc1. The van der Waals surface area contributed by atoms with Gasteiger partial charge in [0.1, 0.15) is 0 Å². The Morgan fingerprint density at radius 1 is 0.885 bits per heavy atom. The van der Waals surface area contributed by atoms with Crippen molar-refractivity contribution in [2.24, 2.45) is 0 Å². The summed E-state index contributed by atoms with van der Waals surface area (Å²) in [6, 6.07) is 20.1. The second kappa shape index (κ2) is 7.35. The van der Waals surface area contributed by atoms with Crippen LogP contribution >= 0.6 is 0 Å². The van der Waals surface area contributed by atoms with Gasteiger partial charge < -0.3 is 0 Å². The number of hydrogen-bond donors (Lipinski definition) is 0. The van der Waals surface area contributed by atoms with Crippen molar-refractivity contribution in [3.8, 4) is 0 Å². The summed E-state index contributed by atoms with van der Waals surface area (Å²) in [5.74, 6) is 0. The third-order valence-corrected chi connectivity index (χ3v) is 6.74. The quantitative estimate of drug-likeness (QED) is 0.811. The fraction of sp³-hybridized carbons (Fsp3) is 0.333. The van der Waals surface area contributed by atoms with Gasteiger partial charge in [-0.05, 0) is 30.0 Å². The van der Waals surface area contributed by atoms with Gasteiger partial charge in [0.2, 0.25) is 10.0 Å². The topological polar surface area (TPSA) is 40.6 Å². The molecule has 2 fully saturated rings. The van der Waals surface area contributed by atoms with Crippen molar-refractivity contribution in [2.75, 3.05) is 19.6 Å². The molecule has 136 valence electrons. The summed E-state index contributed by atoms with van der Waals surface area (Å²) in [4.78, 5) is 2.45. The molecule has 0 amide bonds. The van der Waals surface area contributed by atoms with E-state index < -0.39 is 10.0 Å². The van der Waals surface area contributed by atoms with E-state index in [9.17, 15) is 8.42 Å². The first-order valence-corrected chi connectivity index (χ1v) is 10.7. The van der Waals surface area contributed by atoms with E-state index in [0.29, 0.717) is 12.6 Å². The highest BCUT2D eigenvalue weighted by atomic mass is 32.2. The fourth-order valence-electron chi connectivity index (χ4n) is 3.62. The summed E-state index contributed by atoms with van der Waals surface area (Å²) in [7, 11) is -3.48. The highest BCUT2D eigenvalue weighted by Crippen LogP contribution is 2.35. The first-order chi connectivity index (χ1) is 12.6. The van der Waals surface area contributed by atoms with Gasteiger partial charge in [0, 0.05) is 31.1 Å². The monoisotopic (exact) mass is 368 g/mol. The lowest BCUT2D eigenvalue weighted by molar-refractivity contribution is 0.130. The number of hydrogen-bond acceptors (Lipinski definition) is 3. The summed E-state index contributed by atoms with van der Waals surface area (Å²) in [5, 5.41) is 1.35. The van der Waals surface area contributed by atoms with Gasteiger partial charge in [-0.3, -0.25) is 4.90 Å². The van der Waals surface area contributed by atoms with Crippen molar-refractivity contribution in [2.45, 2.75) is 24.9 Å². The molecule has 0 bridgehead atoms. The summed E-state index contributed by atoms with van der Waals surface area (Å²) >= 11 is 0. The summed E-state index contributed by atoms with van der Waals surface area (Å²) in [6.45, 7) is 2.12. The molecule has 2 aromatic carbocycles. The van der Waals surface area contributed by atoms with Gasteiger partial charge in [-0.25, -0.2) is 8.42 Å². The van der Waals surface area contributed by atoms with E-state index in [2.05, 4.69) is 4.90 Å². The maximum atomic E-state index is 13.1. The molecule has 1 atom stereocenters. The lowest BCUT2D eigenvalue weighted by Gasteiger charge is -2.40. The standard InChI is InChI=1S/C21H24N2O2S/c24-26(25,16-13-18-7-3-1-4-8-18)23-15-14-22(20-11-12-20)17-21(23)19-9-5-2-6-10-19/h1-10,13,16,20-21H,11-12,14-15,17H2/b16-13+. The molecule has 0 aromatic heterocycles. The van der Waals surface area contributed by atoms with Crippen LogP contribution in [0.1, 0.15) is 30.0 Å². The molecule has 1 unspecified atom stereocenters. The van der Waals surface area contributed by atoms with Crippen molar-refractivity contribution in [1.29, 1.82) is 0 Å². The third kappa shape index (κ3) is 3.90. The number of sulfonamides is 1. The normalized spacial score (nSPS) is 22.7. The van der Waals surface area contributed by atoms with Gasteiger partial charge in [-0.1, -0.05) is 60.7 Å². The van der Waals surface area contributed by atoms with Crippen LogP contribution in [-0.2, 0) is 10.0 Å². The number of nitrogens with zero attached hydrogens (tertiary/aromatic N) is 2. The minimum absolute atomic E-state index is 0.129. The second-order valence-electron chi connectivity index (χ2n) is 7.02. The van der Waals surface area contributed by atoms with Crippen LogP contribution in [0.15, 0.2) is 66.1 Å². The van der Waals surface area contributed by atoms with Crippen LogP contribution in [-0.4, -0.2) is 43.3 Å². The molecule has 1 saturated carbocycles. The van der Waals surface area contributed by atoms with E-state index in [1.807, 2.05) is 60.7 Å². The Balaban J connectivity index is 1.60. The molecule has 1 saturated heterocycles. The van der Waals surface area contributed by atoms with Crippen molar-refractivity contribution in [1.82, 2.24) is 9.21 Å². The van der Waals surface area contributed by atoms with E-state index in [4.69, 9.17) is 0 Å². The lowest BCUT2D eigenvalue weighted by atomic mass is 10.0. The van der Waals surface area contributed by atoms with E-state index in [-0.39, 0.29) is 6.04 Å². The molecule has 4 nitrogen and oxygen atoms in total. The Hall–Kier alpha value is -1.95. The van der Waals surface area contributed by atoms with Crippen LogP contribution in [0.4, 0.5) is 0 Å². The van der Waals surface area contributed by atoms with E-state index in [0.717, 1.165) is 24.2 Å². The number of piperazine rings is 1. The number of benzene rings is 2. The zero-order valence-corrected chi connectivity index (χ0v) is 15.6. The highest BCUT2D eigenvalue weighted by molar-refractivity contribution is 7.92. The van der Waals surface area contributed by atoms with Crippen LogP contribution < -0.4 is 0 Å². The van der Waals surface area contributed by atoms with E-state index in [1.54, 1.807) is 10.4 Å². The lowest BCUT2D eigenvalue weighted by Crippen LogP contribution is -2.50. The Morgan fingerprint density at radius 3 is 2.19 bits per heavy atom. The predicted octanol–water partition coefficient (Wildman–Crippen LogP) is 3.51. The van der Waals surface area contributed by atoms with Gasteiger partial charge in [-0.2, -0.15) is 4.31 Å². The molecule has 2 aromatic rings. The van der Waals surface area contributed by atoms with Crippen LogP contribution in [0.2, 0.25) is 0 Å². The van der Waals surface area contributed by atoms with E-state index in [1.165, 1.54) is 18.2 Å². The van der Waals surface area contributed by atoms with Gasteiger partial charge in [-0.15, -0.1) is 0 Å². The van der Waals surface area contributed by atoms with E-state index >= 15 is 0 Å². The maximum Gasteiger partial charge on any atom is 0.236 e. The first-order valence-electron chi connectivity index (χ1n) is 9.17. The van der Waals surface area contributed by atoms with Gasteiger partial charge in [0.05, 0.1) is 6.04 Å². The Kier molecular flexibility index (Phi) is 4.94. The minimum atomic E-state index is -3.48. The average Bonchev–Trinajstić information content (AvgIpc) is 3.53. The Labute approximate surface area is 155 Å². The largest absolute Gasteiger partial charge is 0.297 e. The Morgan fingerprint density at radius 2 is 1.54 bits per heavy atom. The fourth-order valence-corrected chi connectivity index (χ4v) is 4.98. The van der Waals surface area contributed by atoms with Gasteiger partial charge in [0.15, 0.2) is 0 Å². The van der Waals surface area contributed by atoms with Gasteiger partial charge >= 0.3 is 0 Å².